The number of nitrogens with two attached hydrogens (primary N) is 1. The Morgan fingerprint density at radius 3 is 2.42 bits per heavy atom. The van der Waals surface area contributed by atoms with Gasteiger partial charge >= 0.3 is 0 Å². The Balaban J connectivity index is 0.00000324. The predicted molar refractivity (Wildman–Crippen MR) is 85.8 cm³/mol. The third-order valence-corrected chi connectivity index (χ3v) is 3.32. The summed E-state index contributed by atoms with van der Waals surface area (Å²) in [7, 11) is 0. The van der Waals surface area contributed by atoms with E-state index >= 15 is 0 Å². The molecule has 0 aliphatic carbocycles. The van der Waals surface area contributed by atoms with Crippen LogP contribution in [0.1, 0.15) is 65.0 Å². The molecule has 2 N–H and O–H groups in total. The molecule has 0 aromatic carbocycles. The fourth-order valence-corrected chi connectivity index (χ4v) is 2.32. The van der Waals surface area contributed by atoms with E-state index in [2.05, 4.69) is 30.3 Å². The number of halogens is 1. The molecule has 3 nitrogen and oxygen atoms in total. The van der Waals surface area contributed by atoms with Gasteiger partial charge in [-0.25, -0.2) is 4.98 Å². The van der Waals surface area contributed by atoms with Crippen molar-refractivity contribution in [1.82, 2.24) is 9.55 Å². The Hall–Kier alpha value is -0.700. The summed E-state index contributed by atoms with van der Waals surface area (Å²) in [6.45, 7) is 7.75. The maximum Gasteiger partial charge on any atom is 0.200 e. The molecule has 1 rings (SSSR count). The Kier molecular flexibility index (Phi) is 9.76. The van der Waals surface area contributed by atoms with Crippen molar-refractivity contribution in [2.24, 2.45) is 5.92 Å². The van der Waals surface area contributed by atoms with E-state index in [-0.39, 0.29) is 12.4 Å². The number of imidazole rings is 1. The Bertz CT molecular complexity index is 334. The summed E-state index contributed by atoms with van der Waals surface area (Å²) < 4.78 is 2.19. The van der Waals surface area contributed by atoms with E-state index in [0.717, 1.165) is 13.0 Å². The highest BCUT2D eigenvalue weighted by molar-refractivity contribution is 5.85. The van der Waals surface area contributed by atoms with Gasteiger partial charge in [-0.1, -0.05) is 52.9 Å². The minimum absolute atomic E-state index is 0. The third-order valence-electron chi connectivity index (χ3n) is 3.32. The first-order valence-corrected chi connectivity index (χ1v) is 7.45. The van der Waals surface area contributed by atoms with E-state index < -0.39 is 0 Å². The van der Waals surface area contributed by atoms with Gasteiger partial charge in [0.15, 0.2) is 5.95 Å². The number of aromatic nitrogens is 2. The van der Waals surface area contributed by atoms with Gasteiger partial charge < -0.3 is 10.3 Å². The van der Waals surface area contributed by atoms with Crippen molar-refractivity contribution >= 4 is 18.4 Å². The molecular formula is C15H30ClN3. The highest BCUT2D eigenvalue weighted by Crippen LogP contribution is 2.14. The van der Waals surface area contributed by atoms with Crippen LogP contribution in [0.4, 0.5) is 5.95 Å². The smallest absolute Gasteiger partial charge is 0.200 e. The van der Waals surface area contributed by atoms with E-state index in [9.17, 15) is 0 Å². The predicted octanol–water partition coefficient (Wildman–Crippen LogP) is 4.45. The summed E-state index contributed by atoms with van der Waals surface area (Å²) in [6.07, 6.45) is 10.9. The van der Waals surface area contributed by atoms with Crippen molar-refractivity contribution in [3.05, 3.63) is 11.9 Å². The lowest BCUT2D eigenvalue weighted by Crippen LogP contribution is -2.09. The molecule has 0 unspecified atom stereocenters. The SMILES string of the molecule is CCCCCCCCn1c(CC(C)C)cnc1N.Cl. The van der Waals surface area contributed by atoms with Gasteiger partial charge in [0.25, 0.3) is 0 Å². The summed E-state index contributed by atoms with van der Waals surface area (Å²) in [5.74, 6) is 1.34. The molecule has 1 heterocycles. The number of rotatable bonds is 9. The van der Waals surface area contributed by atoms with Crippen LogP contribution in [0.15, 0.2) is 6.20 Å². The number of anilines is 1. The zero-order valence-electron chi connectivity index (χ0n) is 12.7. The number of hydrogen-bond donors (Lipinski definition) is 1. The van der Waals surface area contributed by atoms with Crippen LogP contribution >= 0.6 is 12.4 Å². The van der Waals surface area contributed by atoms with Gasteiger partial charge in [-0.15, -0.1) is 12.4 Å². The van der Waals surface area contributed by atoms with Crippen molar-refractivity contribution < 1.29 is 0 Å². The average molecular weight is 288 g/mol. The van der Waals surface area contributed by atoms with Crippen LogP contribution in [0, 0.1) is 5.92 Å². The molecule has 0 aliphatic rings. The highest BCUT2D eigenvalue weighted by atomic mass is 35.5. The molecule has 1 aromatic heterocycles. The van der Waals surface area contributed by atoms with Gasteiger partial charge in [-0.3, -0.25) is 0 Å². The Morgan fingerprint density at radius 2 is 1.79 bits per heavy atom. The minimum Gasteiger partial charge on any atom is -0.369 e. The number of hydrogen-bond acceptors (Lipinski definition) is 2. The van der Waals surface area contributed by atoms with Gasteiger partial charge in [0.05, 0.1) is 6.20 Å². The van der Waals surface area contributed by atoms with Crippen molar-refractivity contribution in [2.45, 2.75) is 72.3 Å². The highest BCUT2D eigenvalue weighted by Gasteiger charge is 2.08. The second kappa shape index (κ2) is 10.1. The first-order valence-electron chi connectivity index (χ1n) is 7.45. The average Bonchev–Trinajstić information content (AvgIpc) is 2.65. The first kappa shape index (κ1) is 18.3. The van der Waals surface area contributed by atoms with Crippen LogP contribution in [0.2, 0.25) is 0 Å². The first-order chi connectivity index (χ1) is 8.65. The van der Waals surface area contributed by atoms with E-state index in [1.807, 2.05) is 6.20 Å². The van der Waals surface area contributed by atoms with Gasteiger partial charge in [0.1, 0.15) is 0 Å². The van der Waals surface area contributed by atoms with Crippen molar-refractivity contribution in [3.63, 3.8) is 0 Å². The summed E-state index contributed by atoms with van der Waals surface area (Å²) in [5, 5.41) is 0. The standard InChI is InChI=1S/C15H29N3.ClH/c1-4-5-6-7-8-9-10-18-14(11-13(2)3)12-17-15(18)16;/h12-13H,4-11H2,1-3H3,(H2,16,17);1H. The molecule has 0 bridgehead atoms. The second-order valence-corrected chi connectivity index (χ2v) is 5.63. The third kappa shape index (κ3) is 6.86. The molecule has 0 amide bonds. The second-order valence-electron chi connectivity index (χ2n) is 5.63. The Labute approximate surface area is 124 Å². The van der Waals surface area contributed by atoms with Gasteiger partial charge in [-0.2, -0.15) is 0 Å². The molecule has 0 aliphatic heterocycles. The lowest BCUT2D eigenvalue weighted by atomic mass is 10.1. The van der Waals surface area contributed by atoms with Gasteiger partial charge in [-0.05, 0) is 18.8 Å². The molecule has 19 heavy (non-hydrogen) atoms. The van der Waals surface area contributed by atoms with Crippen molar-refractivity contribution in [2.75, 3.05) is 5.73 Å². The topological polar surface area (TPSA) is 43.8 Å². The summed E-state index contributed by atoms with van der Waals surface area (Å²) >= 11 is 0. The number of nitrogen functional groups attached to an aromatic ring is 1. The normalized spacial score (nSPS) is 10.7. The van der Waals surface area contributed by atoms with Crippen LogP contribution < -0.4 is 5.73 Å². The van der Waals surface area contributed by atoms with Gasteiger partial charge in [0, 0.05) is 12.2 Å². The van der Waals surface area contributed by atoms with Crippen molar-refractivity contribution in [3.8, 4) is 0 Å². The molecule has 4 heteroatoms. The fourth-order valence-electron chi connectivity index (χ4n) is 2.32. The molecular weight excluding hydrogens is 258 g/mol. The van der Waals surface area contributed by atoms with Crippen LogP contribution in [0.25, 0.3) is 0 Å². The molecule has 0 spiro atoms. The minimum atomic E-state index is 0. The van der Waals surface area contributed by atoms with Gasteiger partial charge in [0.2, 0.25) is 0 Å². The molecule has 0 saturated carbocycles. The van der Waals surface area contributed by atoms with Crippen molar-refractivity contribution in [1.29, 1.82) is 0 Å². The van der Waals surface area contributed by atoms with E-state index in [0.29, 0.717) is 11.9 Å². The summed E-state index contributed by atoms with van der Waals surface area (Å²) in [6, 6.07) is 0. The zero-order valence-corrected chi connectivity index (χ0v) is 13.5. The molecule has 0 saturated heterocycles. The summed E-state index contributed by atoms with van der Waals surface area (Å²) in [4.78, 5) is 4.24. The monoisotopic (exact) mass is 287 g/mol. The van der Waals surface area contributed by atoms with E-state index in [1.54, 1.807) is 0 Å². The molecule has 0 fully saturated rings. The fraction of sp³-hybridized carbons (Fsp3) is 0.800. The van der Waals surface area contributed by atoms with Crippen LogP contribution in [-0.2, 0) is 13.0 Å². The summed E-state index contributed by atoms with van der Waals surface area (Å²) in [5.41, 5.74) is 7.22. The lowest BCUT2D eigenvalue weighted by Gasteiger charge is -2.11. The van der Waals surface area contributed by atoms with Crippen LogP contribution in [-0.4, -0.2) is 9.55 Å². The molecule has 112 valence electrons. The maximum atomic E-state index is 5.93. The number of nitrogens with zero attached hydrogens (tertiary/aromatic N) is 2. The quantitative estimate of drug-likeness (QED) is 0.682. The molecule has 0 atom stereocenters. The number of unbranched alkanes of at least 4 members (excludes halogenated alkanes) is 5. The van der Waals surface area contributed by atoms with Crippen LogP contribution in [0.5, 0.6) is 0 Å². The van der Waals surface area contributed by atoms with Crippen LogP contribution in [0.3, 0.4) is 0 Å². The largest absolute Gasteiger partial charge is 0.369 e. The molecule has 1 aromatic rings. The van der Waals surface area contributed by atoms with E-state index in [4.69, 9.17) is 5.73 Å². The Morgan fingerprint density at radius 1 is 1.16 bits per heavy atom. The molecule has 0 radical (unpaired) electrons. The lowest BCUT2D eigenvalue weighted by molar-refractivity contribution is 0.536. The maximum absolute atomic E-state index is 5.93. The zero-order chi connectivity index (χ0) is 13.4. The van der Waals surface area contributed by atoms with E-state index in [1.165, 1.54) is 44.2 Å².